The summed E-state index contributed by atoms with van der Waals surface area (Å²) >= 11 is 0. The van der Waals surface area contributed by atoms with Crippen LogP contribution in [0.3, 0.4) is 0 Å². The van der Waals surface area contributed by atoms with E-state index in [1.807, 2.05) is 0 Å². The SMILES string of the molecule is CCCCCCCC(CCOC(C)=O)S(=O)(=O)[O-].[K+]. The first kappa shape index (κ1) is 22.3. The second kappa shape index (κ2) is 12.7. The van der Waals surface area contributed by atoms with Crippen molar-refractivity contribution in [1.29, 1.82) is 0 Å². The minimum absolute atomic E-state index is 0. The zero-order valence-electron chi connectivity index (χ0n) is 12.2. The Hall–Kier alpha value is 1.02. The van der Waals surface area contributed by atoms with Crippen LogP contribution in [0.2, 0.25) is 0 Å². The fourth-order valence-corrected chi connectivity index (χ4v) is 2.58. The molecule has 0 aromatic rings. The van der Waals surface area contributed by atoms with E-state index < -0.39 is 21.3 Å². The second-order valence-electron chi connectivity index (χ2n) is 4.45. The fraction of sp³-hybridized carbons (Fsp3) is 0.917. The summed E-state index contributed by atoms with van der Waals surface area (Å²) in [5.41, 5.74) is 0. The van der Waals surface area contributed by atoms with Gasteiger partial charge in [-0.15, -0.1) is 0 Å². The van der Waals surface area contributed by atoms with Crippen molar-refractivity contribution in [2.75, 3.05) is 6.61 Å². The summed E-state index contributed by atoms with van der Waals surface area (Å²) in [4.78, 5) is 10.6. The van der Waals surface area contributed by atoms with Gasteiger partial charge in [0.25, 0.3) is 0 Å². The number of rotatable bonds is 10. The van der Waals surface area contributed by atoms with Gasteiger partial charge in [-0.05, 0) is 12.8 Å². The van der Waals surface area contributed by atoms with Crippen LogP contribution >= 0.6 is 0 Å². The first-order chi connectivity index (χ1) is 8.38. The first-order valence-corrected chi connectivity index (χ1v) is 7.93. The Labute approximate surface area is 159 Å². The molecule has 108 valence electrons. The summed E-state index contributed by atoms with van der Waals surface area (Å²) in [5.74, 6) is -0.458. The quantitative estimate of drug-likeness (QED) is 0.228. The van der Waals surface area contributed by atoms with Crippen LogP contribution in [0.4, 0.5) is 0 Å². The molecular weight excluding hydrogens is 295 g/mol. The predicted octanol–water partition coefficient (Wildman–Crippen LogP) is -0.782. The molecule has 19 heavy (non-hydrogen) atoms. The van der Waals surface area contributed by atoms with Gasteiger partial charge in [0.1, 0.15) is 0 Å². The molecule has 0 fully saturated rings. The van der Waals surface area contributed by atoms with Crippen LogP contribution in [-0.2, 0) is 19.6 Å². The molecule has 0 spiro atoms. The normalized spacial score (nSPS) is 12.6. The van der Waals surface area contributed by atoms with Gasteiger partial charge >= 0.3 is 57.4 Å². The molecule has 5 nitrogen and oxygen atoms in total. The van der Waals surface area contributed by atoms with Gasteiger partial charge < -0.3 is 9.29 Å². The van der Waals surface area contributed by atoms with Crippen molar-refractivity contribution in [1.82, 2.24) is 0 Å². The number of hydrogen-bond acceptors (Lipinski definition) is 5. The maximum absolute atomic E-state index is 11.0. The molecule has 0 aliphatic rings. The van der Waals surface area contributed by atoms with E-state index >= 15 is 0 Å². The third kappa shape index (κ3) is 13.7. The number of carbonyl (C=O) groups excluding carboxylic acids is 1. The van der Waals surface area contributed by atoms with E-state index in [2.05, 4.69) is 11.7 Å². The largest absolute Gasteiger partial charge is 1.00 e. The molecule has 0 rings (SSSR count). The minimum atomic E-state index is -4.30. The number of unbranched alkanes of at least 4 members (excludes halogenated alkanes) is 4. The van der Waals surface area contributed by atoms with E-state index in [0.717, 1.165) is 32.1 Å². The van der Waals surface area contributed by atoms with Gasteiger partial charge in [0.15, 0.2) is 0 Å². The molecule has 0 aliphatic heterocycles. The third-order valence-corrected chi connectivity index (χ3v) is 4.07. The maximum Gasteiger partial charge on any atom is 1.00 e. The zero-order valence-corrected chi connectivity index (χ0v) is 16.1. The van der Waals surface area contributed by atoms with E-state index in [0.29, 0.717) is 6.42 Å². The number of hydrogen-bond donors (Lipinski definition) is 0. The molecule has 0 N–H and O–H groups in total. The van der Waals surface area contributed by atoms with Crippen LogP contribution in [-0.4, -0.2) is 30.8 Å². The molecule has 0 radical (unpaired) electrons. The van der Waals surface area contributed by atoms with Crippen LogP contribution in [0.5, 0.6) is 0 Å². The van der Waals surface area contributed by atoms with Crippen molar-refractivity contribution >= 4 is 16.1 Å². The molecule has 0 aromatic carbocycles. The molecule has 1 atom stereocenters. The summed E-state index contributed by atoms with van der Waals surface area (Å²) in [6.07, 6.45) is 5.43. The fourth-order valence-electron chi connectivity index (χ4n) is 1.74. The van der Waals surface area contributed by atoms with Crippen molar-refractivity contribution in [2.24, 2.45) is 0 Å². The van der Waals surface area contributed by atoms with Crippen LogP contribution in [0.25, 0.3) is 0 Å². The van der Waals surface area contributed by atoms with Gasteiger partial charge in [0.05, 0.1) is 22.0 Å². The summed E-state index contributed by atoms with van der Waals surface area (Å²) in [6, 6.07) is 0. The molecule has 0 aliphatic carbocycles. The first-order valence-electron chi connectivity index (χ1n) is 6.46. The maximum atomic E-state index is 11.0. The molecule has 0 heterocycles. The minimum Gasteiger partial charge on any atom is -0.748 e. The van der Waals surface area contributed by atoms with Crippen LogP contribution in [0.1, 0.15) is 58.8 Å². The number of esters is 1. The Morgan fingerprint density at radius 3 is 2.21 bits per heavy atom. The van der Waals surface area contributed by atoms with Gasteiger partial charge in [-0.1, -0.05) is 39.0 Å². The van der Waals surface area contributed by atoms with Gasteiger partial charge in [-0.25, -0.2) is 8.42 Å². The summed E-state index contributed by atoms with van der Waals surface area (Å²) in [5, 5.41) is -0.932. The second-order valence-corrected chi connectivity index (χ2v) is 6.10. The predicted molar refractivity (Wildman–Crippen MR) is 68.1 cm³/mol. The van der Waals surface area contributed by atoms with E-state index in [4.69, 9.17) is 0 Å². The van der Waals surface area contributed by atoms with E-state index in [1.165, 1.54) is 6.92 Å². The molecule has 1 unspecified atom stereocenters. The molecule has 7 heteroatoms. The third-order valence-electron chi connectivity index (χ3n) is 2.78. The van der Waals surface area contributed by atoms with E-state index in [1.54, 1.807) is 0 Å². The smallest absolute Gasteiger partial charge is 0.748 e. The molecule has 0 amide bonds. The monoisotopic (exact) mass is 318 g/mol. The summed E-state index contributed by atoms with van der Waals surface area (Å²) in [6.45, 7) is 3.35. The Morgan fingerprint density at radius 1 is 1.16 bits per heavy atom. The van der Waals surface area contributed by atoms with Gasteiger partial charge in [-0.3, -0.25) is 4.79 Å². The molecule has 0 aromatic heterocycles. The van der Waals surface area contributed by atoms with Crippen molar-refractivity contribution in [3.05, 3.63) is 0 Å². The van der Waals surface area contributed by atoms with Crippen molar-refractivity contribution in [3.63, 3.8) is 0 Å². The zero-order chi connectivity index (χ0) is 14.0. The van der Waals surface area contributed by atoms with Crippen molar-refractivity contribution < 1.29 is 73.9 Å². The van der Waals surface area contributed by atoms with Gasteiger partial charge in [0.2, 0.25) is 0 Å². The summed E-state index contributed by atoms with van der Waals surface area (Å²) < 4.78 is 37.8. The Bertz CT molecular complexity index is 329. The molecular formula is C12H23KO5S. The van der Waals surface area contributed by atoms with Gasteiger partial charge in [-0.2, -0.15) is 0 Å². The summed E-state index contributed by atoms with van der Waals surface area (Å²) in [7, 11) is -4.30. The van der Waals surface area contributed by atoms with E-state index in [-0.39, 0.29) is 64.4 Å². The van der Waals surface area contributed by atoms with Crippen molar-refractivity contribution in [2.45, 2.75) is 64.0 Å². The molecule has 0 saturated heterocycles. The van der Waals surface area contributed by atoms with Gasteiger partial charge in [0, 0.05) is 6.92 Å². The topological polar surface area (TPSA) is 83.5 Å². The molecule has 0 saturated carbocycles. The standard InChI is InChI=1S/C12H24O5S.K/c1-3-4-5-6-7-8-12(18(14,15)16)9-10-17-11(2)13;/h12H,3-10H2,1-2H3,(H,14,15,16);/q;+1/p-1. The average Bonchev–Trinajstić information content (AvgIpc) is 2.24. The van der Waals surface area contributed by atoms with Crippen LogP contribution in [0.15, 0.2) is 0 Å². The Balaban J connectivity index is 0. The number of ether oxygens (including phenoxy) is 1. The average molecular weight is 318 g/mol. The van der Waals surface area contributed by atoms with Crippen LogP contribution in [0, 0.1) is 0 Å². The Kier molecular flexibility index (Phi) is 14.9. The number of carbonyl (C=O) groups is 1. The van der Waals surface area contributed by atoms with E-state index in [9.17, 15) is 17.8 Å². The van der Waals surface area contributed by atoms with Crippen molar-refractivity contribution in [3.8, 4) is 0 Å². The molecule has 0 bridgehead atoms. The van der Waals surface area contributed by atoms with Crippen LogP contribution < -0.4 is 51.4 Å². The Morgan fingerprint density at radius 2 is 1.74 bits per heavy atom.